The van der Waals surface area contributed by atoms with Crippen LogP contribution in [0.2, 0.25) is 0 Å². The summed E-state index contributed by atoms with van der Waals surface area (Å²) in [6.07, 6.45) is -7.61. The minimum absolute atomic E-state index is 0.0175. The quantitative estimate of drug-likeness (QED) is 0.279. The third-order valence-electron chi connectivity index (χ3n) is 5.16. The lowest BCUT2D eigenvalue weighted by Crippen LogP contribution is -2.60. The topological polar surface area (TPSA) is 190 Å². The molecule has 1 aliphatic heterocycles. The van der Waals surface area contributed by atoms with E-state index in [-0.39, 0.29) is 33.8 Å². The summed E-state index contributed by atoms with van der Waals surface area (Å²) < 4.78 is 16.2. The van der Waals surface area contributed by atoms with Gasteiger partial charge in [-0.1, -0.05) is 0 Å². The average Bonchev–Trinajstić information content (AvgIpc) is 2.77. The molecule has 0 spiro atoms. The molecule has 4 rings (SSSR count). The van der Waals surface area contributed by atoms with Gasteiger partial charge in [-0.25, -0.2) is 0 Å². The van der Waals surface area contributed by atoms with E-state index in [1.54, 1.807) is 0 Å². The maximum absolute atomic E-state index is 12.4. The van der Waals surface area contributed by atoms with Gasteiger partial charge in [0.25, 0.3) is 0 Å². The smallest absolute Gasteiger partial charge is 0.235 e. The third kappa shape index (κ3) is 3.72. The summed E-state index contributed by atoms with van der Waals surface area (Å²) >= 11 is 0. The molecule has 1 saturated heterocycles. The van der Waals surface area contributed by atoms with Crippen LogP contribution in [-0.2, 0) is 4.74 Å². The number of phenols is 2. The van der Waals surface area contributed by atoms with E-state index in [2.05, 4.69) is 0 Å². The summed E-state index contributed by atoms with van der Waals surface area (Å²) in [4.78, 5) is 12.4. The van der Waals surface area contributed by atoms with Crippen molar-refractivity contribution < 1.29 is 49.6 Å². The molecule has 7 N–H and O–H groups in total. The van der Waals surface area contributed by atoms with Gasteiger partial charge in [-0.15, -0.1) is 0 Å². The first-order valence-corrected chi connectivity index (χ1v) is 9.50. The second-order valence-corrected chi connectivity index (χ2v) is 7.29. The van der Waals surface area contributed by atoms with Crippen LogP contribution in [0, 0.1) is 0 Å². The highest BCUT2D eigenvalue weighted by molar-refractivity contribution is 5.83. The second-order valence-electron chi connectivity index (χ2n) is 7.29. The summed E-state index contributed by atoms with van der Waals surface area (Å²) in [5.41, 5.74) is -0.616. The number of fused-ring (bicyclic) bond motifs is 1. The Labute approximate surface area is 179 Å². The van der Waals surface area contributed by atoms with Gasteiger partial charge in [-0.3, -0.25) is 4.79 Å². The Hall–Kier alpha value is -3.35. The highest BCUT2D eigenvalue weighted by atomic mass is 16.7. The van der Waals surface area contributed by atoms with E-state index >= 15 is 0 Å². The highest BCUT2D eigenvalue weighted by Crippen LogP contribution is 2.37. The van der Waals surface area contributed by atoms with Gasteiger partial charge in [0.1, 0.15) is 35.7 Å². The van der Waals surface area contributed by atoms with Crippen molar-refractivity contribution >= 4 is 11.0 Å². The first-order valence-electron chi connectivity index (χ1n) is 9.50. The van der Waals surface area contributed by atoms with E-state index in [4.69, 9.17) is 13.9 Å². The minimum Gasteiger partial charge on any atom is -0.508 e. The van der Waals surface area contributed by atoms with Crippen LogP contribution in [0.25, 0.3) is 22.3 Å². The van der Waals surface area contributed by atoms with E-state index in [0.717, 1.165) is 6.07 Å². The third-order valence-corrected chi connectivity index (χ3v) is 5.16. The lowest BCUT2D eigenvalue weighted by Gasteiger charge is -2.39. The fourth-order valence-electron chi connectivity index (χ4n) is 3.42. The molecule has 0 radical (unpaired) electrons. The van der Waals surface area contributed by atoms with Crippen LogP contribution in [0.5, 0.6) is 23.0 Å². The molecule has 0 unspecified atom stereocenters. The van der Waals surface area contributed by atoms with E-state index in [9.17, 15) is 40.5 Å². The Morgan fingerprint density at radius 2 is 1.69 bits per heavy atom. The Kier molecular flexibility index (Phi) is 5.67. The van der Waals surface area contributed by atoms with Gasteiger partial charge in [0, 0.05) is 11.6 Å². The summed E-state index contributed by atoms with van der Waals surface area (Å²) in [6.45, 7) is -0.647. The summed E-state index contributed by atoms with van der Waals surface area (Å²) in [6, 6.07) is 7.47. The Morgan fingerprint density at radius 3 is 2.38 bits per heavy atom. The predicted octanol–water partition coefficient (Wildman–Crippen LogP) is -0.245. The molecule has 1 aromatic heterocycles. The molecule has 11 nitrogen and oxygen atoms in total. The second kappa shape index (κ2) is 8.30. The number of aromatic hydroxyl groups is 3. The van der Waals surface area contributed by atoms with Crippen LogP contribution < -0.4 is 10.2 Å². The first-order chi connectivity index (χ1) is 15.2. The van der Waals surface area contributed by atoms with Crippen molar-refractivity contribution in [3.63, 3.8) is 0 Å². The zero-order chi connectivity index (χ0) is 23.2. The van der Waals surface area contributed by atoms with Crippen LogP contribution in [0.3, 0.4) is 0 Å². The molecule has 170 valence electrons. The molecular formula is C21H20O11. The van der Waals surface area contributed by atoms with Crippen molar-refractivity contribution in [1.82, 2.24) is 0 Å². The maximum atomic E-state index is 12.4. The monoisotopic (exact) mass is 448 g/mol. The van der Waals surface area contributed by atoms with Gasteiger partial charge in [0.15, 0.2) is 17.3 Å². The standard InChI is InChI=1S/C21H20O11/c22-7-14-16(26)17(27)19(29)21(32-14)31-12-4-1-8(5-11(12)24)20-18(28)15(25)10-3-2-9(23)6-13(10)30-20/h1-6,14,16-17,19,21-24,26-29H,7H2/t14-,16-,17+,19-,21-/m1/s1. The molecule has 3 aromatic rings. The van der Waals surface area contributed by atoms with E-state index in [0.29, 0.717) is 0 Å². The van der Waals surface area contributed by atoms with Gasteiger partial charge in [0.2, 0.25) is 17.5 Å². The molecule has 0 bridgehead atoms. The van der Waals surface area contributed by atoms with Gasteiger partial charge >= 0.3 is 0 Å². The summed E-state index contributed by atoms with van der Waals surface area (Å²) in [5, 5.41) is 69.3. The number of ether oxygens (including phenoxy) is 2. The average molecular weight is 448 g/mol. The van der Waals surface area contributed by atoms with E-state index in [1.165, 1.54) is 30.3 Å². The molecular weight excluding hydrogens is 428 g/mol. The van der Waals surface area contributed by atoms with Crippen LogP contribution in [0.15, 0.2) is 45.6 Å². The fraction of sp³-hybridized carbons (Fsp3) is 0.286. The Balaban J connectivity index is 1.66. The number of benzene rings is 2. The number of aliphatic hydroxyl groups excluding tert-OH is 4. The molecule has 32 heavy (non-hydrogen) atoms. The van der Waals surface area contributed by atoms with Crippen LogP contribution in [-0.4, -0.2) is 73.1 Å². The van der Waals surface area contributed by atoms with Crippen molar-refractivity contribution in [1.29, 1.82) is 0 Å². The summed E-state index contributed by atoms with van der Waals surface area (Å²) in [7, 11) is 0. The lowest BCUT2D eigenvalue weighted by atomic mass is 9.99. The molecule has 2 heterocycles. The van der Waals surface area contributed by atoms with Crippen molar-refractivity contribution in [3.05, 3.63) is 46.6 Å². The number of hydrogen-bond donors (Lipinski definition) is 7. The summed E-state index contributed by atoms with van der Waals surface area (Å²) in [5.74, 6) is -1.80. The zero-order valence-electron chi connectivity index (χ0n) is 16.3. The van der Waals surface area contributed by atoms with Crippen LogP contribution in [0.1, 0.15) is 0 Å². The van der Waals surface area contributed by atoms with Crippen molar-refractivity contribution in [2.75, 3.05) is 6.61 Å². The highest BCUT2D eigenvalue weighted by Gasteiger charge is 2.44. The Bertz CT molecular complexity index is 1200. The van der Waals surface area contributed by atoms with Gasteiger partial charge in [-0.2, -0.15) is 0 Å². The maximum Gasteiger partial charge on any atom is 0.235 e. The van der Waals surface area contributed by atoms with Crippen LogP contribution in [0.4, 0.5) is 0 Å². The molecule has 1 aliphatic rings. The minimum atomic E-state index is -1.68. The predicted molar refractivity (Wildman–Crippen MR) is 107 cm³/mol. The normalized spacial score (nSPS) is 25.7. The molecule has 5 atom stereocenters. The lowest BCUT2D eigenvalue weighted by molar-refractivity contribution is -0.277. The van der Waals surface area contributed by atoms with Crippen molar-refractivity contribution in [3.8, 4) is 34.3 Å². The molecule has 0 saturated carbocycles. The number of rotatable bonds is 4. The molecule has 0 aliphatic carbocycles. The van der Waals surface area contributed by atoms with Gasteiger partial charge in [0.05, 0.1) is 12.0 Å². The largest absolute Gasteiger partial charge is 0.508 e. The SMILES string of the molecule is O=c1c(O)c(-c2ccc(O[C@@H]3O[C@H](CO)[C@@H](O)[C@H](O)[C@H]3O)c(O)c2)oc2cc(O)ccc12. The number of aliphatic hydroxyl groups is 4. The molecule has 1 fully saturated rings. The number of hydrogen-bond acceptors (Lipinski definition) is 11. The molecule has 2 aromatic carbocycles. The van der Waals surface area contributed by atoms with E-state index < -0.39 is 54.2 Å². The molecule has 0 amide bonds. The molecule has 11 heteroatoms. The van der Waals surface area contributed by atoms with Gasteiger partial charge < -0.3 is 49.6 Å². The van der Waals surface area contributed by atoms with Gasteiger partial charge in [-0.05, 0) is 30.3 Å². The first kappa shape index (κ1) is 21.9. The van der Waals surface area contributed by atoms with E-state index in [1.807, 2.05) is 0 Å². The van der Waals surface area contributed by atoms with Crippen molar-refractivity contribution in [2.45, 2.75) is 30.7 Å². The Morgan fingerprint density at radius 1 is 0.938 bits per heavy atom. The number of phenolic OH excluding ortho intramolecular Hbond substituents is 2. The fourth-order valence-corrected chi connectivity index (χ4v) is 3.42. The van der Waals surface area contributed by atoms with Crippen molar-refractivity contribution in [2.24, 2.45) is 0 Å². The van der Waals surface area contributed by atoms with Crippen LogP contribution >= 0.6 is 0 Å². The zero-order valence-corrected chi connectivity index (χ0v) is 16.3.